The highest BCUT2D eigenvalue weighted by molar-refractivity contribution is 14.1. The topological polar surface area (TPSA) is 12.5 Å². The molecular formula is C18H20INOS. The number of para-hydroxylation sites is 1. The first-order chi connectivity index (χ1) is 10.7. The normalized spacial score (nSPS) is 17.8. The third-order valence-corrected chi connectivity index (χ3v) is 6.20. The van der Waals surface area contributed by atoms with Crippen LogP contribution in [-0.4, -0.2) is 19.4 Å². The molecule has 1 heterocycles. The Hall–Kier alpha value is -0.880. The standard InChI is InChI=1S/C18H20INOS/c1-3-13-11-20(14-7-5-4-6-8-14)16-9-15(19)17(21-2)10-18(16)22-12-13/h4-10,13H,3,11-12H2,1-2H3. The second-order valence-electron chi connectivity index (χ2n) is 5.49. The zero-order valence-electron chi connectivity index (χ0n) is 12.9. The van der Waals surface area contributed by atoms with Gasteiger partial charge in [-0.1, -0.05) is 31.5 Å². The van der Waals surface area contributed by atoms with Crippen LogP contribution < -0.4 is 9.64 Å². The smallest absolute Gasteiger partial charge is 0.133 e. The Morgan fingerprint density at radius 3 is 2.73 bits per heavy atom. The molecule has 0 radical (unpaired) electrons. The van der Waals surface area contributed by atoms with Crippen molar-refractivity contribution >= 4 is 45.7 Å². The number of nitrogens with zero attached hydrogens (tertiary/aromatic N) is 1. The monoisotopic (exact) mass is 425 g/mol. The first-order valence-electron chi connectivity index (χ1n) is 7.55. The molecule has 1 aliphatic heterocycles. The quantitative estimate of drug-likeness (QED) is 0.597. The minimum absolute atomic E-state index is 0.696. The van der Waals surface area contributed by atoms with Crippen molar-refractivity contribution in [2.24, 2.45) is 5.92 Å². The first kappa shape index (κ1) is 16.0. The maximum atomic E-state index is 5.51. The molecule has 2 aromatic carbocycles. The van der Waals surface area contributed by atoms with Gasteiger partial charge in [0.05, 0.1) is 16.4 Å². The number of fused-ring (bicyclic) bond motifs is 1. The number of ether oxygens (including phenoxy) is 1. The molecule has 0 aliphatic carbocycles. The number of hydrogen-bond acceptors (Lipinski definition) is 3. The second-order valence-corrected chi connectivity index (χ2v) is 7.71. The minimum atomic E-state index is 0.696. The van der Waals surface area contributed by atoms with Crippen LogP contribution in [0.1, 0.15) is 13.3 Å². The molecule has 1 unspecified atom stereocenters. The maximum Gasteiger partial charge on any atom is 0.133 e. The number of anilines is 2. The van der Waals surface area contributed by atoms with Crippen molar-refractivity contribution in [2.75, 3.05) is 24.3 Å². The summed E-state index contributed by atoms with van der Waals surface area (Å²) >= 11 is 4.32. The van der Waals surface area contributed by atoms with E-state index in [1.807, 2.05) is 11.8 Å². The molecule has 4 heteroatoms. The van der Waals surface area contributed by atoms with Crippen LogP contribution in [0.15, 0.2) is 47.4 Å². The lowest BCUT2D eigenvalue weighted by Gasteiger charge is -2.27. The highest BCUT2D eigenvalue weighted by Crippen LogP contribution is 2.43. The van der Waals surface area contributed by atoms with Crippen LogP contribution in [0.2, 0.25) is 0 Å². The van der Waals surface area contributed by atoms with Crippen molar-refractivity contribution in [2.45, 2.75) is 18.2 Å². The lowest BCUT2D eigenvalue weighted by atomic mass is 10.1. The molecule has 0 aromatic heterocycles. The Kier molecular flexibility index (Phi) is 5.18. The van der Waals surface area contributed by atoms with Crippen LogP contribution in [0, 0.1) is 9.49 Å². The van der Waals surface area contributed by atoms with Crippen molar-refractivity contribution in [3.05, 3.63) is 46.0 Å². The predicted molar refractivity (Wildman–Crippen MR) is 104 cm³/mol. The first-order valence-corrected chi connectivity index (χ1v) is 9.62. The van der Waals surface area contributed by atoms with E-state index < -0.39 is 0 Å². The van der Waals surface area contributed by atoms with E-state index in [9.17, 15) is 0 Å². The van der Waals surface area contributed by atoms with Gasteiger partial charge >= 0.3 is 0 Å². The van der Waals surface area contributed by atoms with Crippen LogP contribution in [0.5, 0.6) is 5.75 Å². The van der Waals surface area contributed by atoms with E-state index >= 15 is 0 Å². The molecule has 0 bridgehead atoms. The minimum Gasteiger partial charge on any atom is -0.496 e. The Balaban J connectivity index is 2.09. The van der Waals surface area contributed by atoms with Crippen molar-refractivity contribution in [1.82, 2.24) is 0 Å². The van der Waals surface area contributed by atoms with Gasteiger partial charge in [-0.2, -0.15) is 0 Å². The van der Waals surface area contributed by atoms with Gasteiger partial charge in [-0.3, -0.25) is 0 Å². The fraction of sp³-hybridized carbons (Fsp3) is 0.333. The fourth-order valence-corrected chi connectivity index (χ4v) is 4.66. The third kappa shape index (κ3) is 3.23. The summed E-state index contributed by atoms with van der Waals surface area (Å²) in [6.45, 7) is 3.36. The largest absolute Gasteiger partial charge is 0.496 e. The van der Waals surface area contributed by atoms with Gasteiger partial charge in [0.15, 0.2) is 0 Å². The molecule has 1 aliphatic rings. The molecule has 3 rings (SSSR count). The molecule has 0 saturated heterocycles. The molecule has 0 fully saturated rings. The average molecular weight is 425 g/mol. The molecular weight excluding hydrogens is 405 g/mol. The van der Waals surface area contributed by atoms with E-state index in [0.29, 0.717) is 5.92 Å². The van der Waals surface area contributed by atoms with E-state index in [-0.39, 0.29) is 0 Å². The molecule has 22 heavy (non-hydrogen) atoms. The molecule has 2 nitrogen and oxygen atoms in total. The number of halogens is 1. The van der Waals surface area contributed by atoms with E-state index in [0.717, 1.165) is 21.6 Å². The molecule has 0 amide bonds. The Labute approximate surface area is 150 Å². The summed E-state index contributed by atoms with van der Waals surface area (Å²) < 4.78 is 6.67. The van der Waals surface area contributed by atoms with Gasteiger partial charge in [0.1, 0.15) is 5.75 Å². The highest BCUT2D eigenvalue weighted by atomic mass is 127. The lowest BCUT2D eigenvalue weighted by molar-refractivity contribution is 0.410. The van der Waals surface area contributed by atoms with Crippen molar-refractivity contribution in [3.8, 4) is 5.75 Å². The number of benzene rings is 2. The maximum absolute atomic E-state index is 5.51. The molecule has 116 valence electrons. The van der Waals surface area contributed by atoms with Crippen molar-refractivity contribution in [1.29, 1.82) is 0 Å². The van der Waals surface area contributed by atoms with Gasteiger partial charge in [0.2, 0.25) is 0 Å². The van der Waals surface area contributed by atoms with Gasteiger partial charge in [0.25, 0.3) is 0 Å². The van der Waals surface area contributed by atoms with Gasteiger partial charge in [-0.05, 0) is 52.8 Å². The Morgan fingerprint density at radius 1 is 1.27 bits per heavy atom. The SMILES string of the molecule is CCC1CSc2cc(OC)c(I)cc2N(c2ccccc2)C1. The molecule has 0 N–H and O–H groups in total. The number of rotatable bonds is 3. The molecule has 2 aromatic rings. The highest BCUT2D eigenvalue weighted by Gasteiger charge is 2.24. The number of methoxy groups -OCH3 is 1. The zero-order valence-corrected chi connectivity index (χ0v) is 15.9. The third-order valence-electron chi connectivity index (χ3n) is 4.08. The number of hydrogen-bond donors (Lipinski definition) is 0. The summed E-state index contributed by atoms with van der Waals surface area (Å²) in [7, 11) is 1.75. The fourth-order valence-electron chi connectivity index (χ4n) is 2.72. The summed E-state index contributed by atoms with van der Waals surface area (Å²) in [5, 5.41) is 0. The molecule has 0 spiro atoms. The van der Waals surface area contributed by atoms with Gasteiger partial charge in [0, 0.05) is 22.9 Å². The van der Waals surface area contributed by atoms with Crippen LogP contribution in [-0.2, 0) is 0 Å². The van der Waals surface area contributed by atoms with Gasteiger partial charge in [-0.15, -0.1) is 11.8 Å². The average Bonchev–Trinajstić information content (AvgIpc) is 2.74. The van der Waals surface area contributed by atoms with E-state index in [1.165, 1.54) is 22.7 Å². The van der Waals surface area contributed by atoms with Crippen molar-refractivity contribution in [3.63, 3.8) is 0 Å². The summed E-state index contributed by atoms with van der Waals surface area (Å²) in [6, 6.07) is 15.1. The van der Waals surface area contributed by atoms with Gasteiger partial charge < -0.3 is 9.64 Å². The molecule has 0 saturated carbocycles. The second kappa shape index (κ2) is 7.13. The van der Waals surface area contributed by atoms with Crippen LogP contribution in [0.3, 0.4) is 0 Å². The number of thioether (sulfide) groups is 1. The van der Waals surface area contributed by atoms with E-state index in [2.05, 4.69) is 76.9 Å². The summed E-state index contributed by atoms with van der Waals surface area (Å²) in [5.74, 6) is 2.83. The van der Waals surface area contributed by atoms with Crippen LogP contribution in [0.4, 0.5) is 11.4 Å². The zero-order chi connectivity index (χ0) is 15.5. The summed E-state index contributed by atoms with van der Waals surface area (Å²) in [4.78, 5) is 3.78. The Morgan fingerprint density at radius 2 is 2.05 bits per heavy atom. The van der Waals surface area contributed by atoms with Crippen LogP contribution >= 0.6 is 34.4 Å². The summed E-state index contributed by atoms with van der Waals surface area (Å²) in [6.07, 6.45) is 1.21. The Bertz CT molecular complexity index is 647. The predicted octanol–water partition coefficient (Wildman–Crippen LogP) is 5.57. The molecule has 1 atom stereocenters. The summed E-state index contributed by atoms with van der Waals surface area (Å²) in [5.41, 5.74) is 2.57. The lowest BCUT2D eigenvalue weighted by Crippen LogP contribution is -2.24. The van der Waals surface area contributed by atoms with Gasteiger partial charge in [-0.25, -0.2) is 0 Å². The van der Waals surface area contributed by atoms with Crippen molar-refractivity contribution < 1.29 is 4.74 Å². The van der Waals surface area contributed by atoms with E-state index in [4.69, 9.17) is 4.74 Å². The van der Waals surface area contributed by atoms with E-state index in [1.54, 1.807) is 7.11 Å². The van der Waals surface area contributed by atoms with Crippen LogP contribution in [0.25, 0.3) is 0 Å².